The monoisotopic (exact) mass is 413 g/mol. The highest BCUT2D eigenvalue weighted by Crippen LogP contribution is 2.16. The second-order valence-electron chi connectivity index (χ2n) is 6.13. The van der Waals surface area contributed by atoms with E-state index in [1.807, 2.05) is 0 Å². The van der Waals surface area contributed by atoms with Crippen molar-refractivity contribution in [1.82, 2.24) is 4.31 Å². The van der Waals surface area contributed by atoms with Crippen molar-refractivity contribution in [3.05, 3.63) is 78.8 Å². The van der Waals surface area contributed by atoms with Crippen molar-refractivity contribution < 1.29 is 22.4 Å². The Hall–Kier alpha value is -3.43. The van der Waals surface area contributed by atoms with Gasteiger partial charge in [-0.3, -0.25) is 9.59 Å². The molecule has 8 nitrogen and oxygen atoms in total. The quantitative estimate of drug-likeness (QED) is 0.619. The van der Waals surface area contributed by atoms with Gasteiger partial charge in [-0.25, -0.2) is 8.42 Å². The molecule has 2 amide bonds. The number of rotatable bonds is 7. The number of amides is 2. The maximum Gasteiger partial charge on any atom is 0.291 e. The van der Waals surface area contributed by atoms with Crippen molar-refractivity contribution in [2.24, 2.45) is 0 Å². The van der Waals surface area contributed by atoms with Crippen LogP contribution in [0.25, 0.3) is 0 Å². The lowest BCUT2D eigenvalue weighted by atomic mass is 10.2. The van der Waals surface area contributed by atoms with Gasteiger partial charge in [-0.2, -0.15) is 4.31 Å². The van der Waals surface area contributed by atoms with Gasteiger partial charge in [0.15, 0.2) is 5.76 Å². The van der Waals surface area contributed by atoms with Crippen LogP contribution in [-0.2, 0) is 14.8 Å². The van der Waals surface area contributed by atoms with Crippen molar-refractivity contribution in [3.63, 3.8) is 0 Å². The molecule has 150 valence electrons. The molecule has 0 spiro atoms. The van der Waals surface area contributed by atoms with Crippen LogP contribution in [0.1, 0.15) is 10.6 Å². The van der Waals surface area contributed by atoms with E-state index in [9.17, 15) is 18.0 Å². The number of nitrogens with zero attached hydrogens (tertiary/aromatic N) is 1. The Kier molecular flexibility index (Phi) is 6.10. The first kappa shape index (κ1) is 20.3. The van der Waals surface area contributed by atoms with E-state index in [4.69, 9.17) is 4.42 Å². The minimum Gasteiger partial charge on any atom is -0.459 e. The second kappa shape index (κ2) is 8.72. The molecule has 0 aliphatic rings. The Balaban J connectivity index is 1.57. The molecule has 0 unspecified atom stereocenters. The first-order valence-electron chi connectivity index (χ1n) is 8.62. The van der Waals surface area contributed by atoms with Crippen LogP contribution in [0.15, 0.2) is 82.3 Å². The summed E-state index contributed by atoms with van der Waals surface area (Å²) in [5.74, 6) is -0.691. The molecule has 0 radical (unpaired) electrons. The summed E-state index contributed by atoms with van der Waals surface area (Å²) in [6, 6.07) is 17.5. The number of benzene rings is 2. The Morgan fingerprint density at radius 1 is 0.897 bits per heavy atom. The van der Waals surface area contributed by atoms with Crippen LogP contribution >= 0.6 is 0 Å². The summed E-state index contributed by atoms with van der Waals surface area (Å²) < 4.78 is 30.9. The number of hydrogen-bond acceptors (Lipinski definition) is 5. The first-order valence-corrected chi connectivity index (χ1v) is 10.1. The fourth-order valence-corrected chi connectivity index (χ4v) is 3.65. The van der Waals surface area contributed by atoms with Crippen molar-refractivity contribution in [2.45, 2.75) is 4.90 Å². The zero-order valence-electron chi connectivity index (χ0n) is 15.5. The summed E-state index contributed by atoms with van der Waals surface area (Å²) >= 11 is 0. The van der Waals surface area contributed by atoms with Crippen molar-refractivity contribution >= 4 is 33.2 Å². The Labute approximate surface area is 168 Å². The molecule has 2 aromatic carbocycles. The lowest BCUT2D eigenvalue weighted by molar-refractivity contribution is -0.116. The van der Waals surface area contributed by atoms with E-state index in [0.717, 1.165) is 4.31 Å². The highest BCUT2D eigenvalue weighted by molar-refractivity contribution is 7.89. The molecule has 3 rings (SSSR count). The summed E-state index contributed by atoms with van der Waals surface area (Å²) in [7, 11) is -2.41. The molecular weight excluding hydrogens is 394 g/mol. The number of hydrogen-bond donors (Lipinski definition) is 2. The average Bonchev–Trinajstić information content (AvgIpc) is 3.25. The summed E-state index contributed by atoms with van der Waals surface area (Å²) in [5.41, 5.74) is 0.990. The predicted molar refractivity (Wildman–Crippen MR) is 108 cm³/mol. The number of sulfonamides is 1. The minimum absolute atomic E-state index is 0.118. The van der Waals surface area contributed by atoms with Crippen molar-refractivity contribution in [1.29, 1.82) is 0 Å². The molecule has 1 aromatic heterocycles. The smallest absolute Gasteiger partial charge is 0.291 e. The van der Waals surface area contributed by atoms with Gasteiger partial charge in [-0.1, -0.05) is 18.2 Å². The van der Waals surface area contributed by atoms with E-state index in [0.29, 0.717) is 11.4 Å². The number of furan rings is 1. The fraction of sp³-hybridized carbons (Fsp3) is 0.100. The van der Waals surface area contributed by atoms with Crippen LogP contribution in [0.3, 0.4) is 0 Å². The van der Waals surface area contributed by atoms with E-state index in [1.165, 1.54) is 25.4 Å². The molecule has 0 fully saturated rings. The highest BCUT2D eigenvalue weighted by Gasteiger charge is 2.22. The van der Waals surface area contributed by atoms with Crippen LogP contribution in [-0.4, -0.2) is 38.1 Å². The number of likely N-dealkylation sites (N-methyl/N-ethyl adjacent to an activating group) is 1. The third-order valence-electron chi connectivity index (χ3n) is 3.99. The Morgan fingerprint density at radius 2 is 1.52 bits per heavy atom. The molecule has 3 aromatic rings. The van der Waals surface area contributed by atoms with Crippen LogP contribution in [0.5, 0.6) is 0 Å². The molecule has 0 bridgehead atoms. The van der Waals surface area contributed by atoms with Crippen LogP contribution in [0, 0.1) is 0 Å². The number of nitrogens with one attached hydrogen (secondary N) is 2. The molecule has 29 heavy (non-hydrogen) atoms. The molecule has 0 atom stereocenters. The predicted octanol–water partition coefficient (Wildman–Crippen LogP) is 2.79. The number of anilines is 2. The zero-order valence-corrected chi connectivity index (χ0v) is 16.3. The van der Waals surface area contributed by atoms with E-state index in [2.05, 4.69) is 10.6 Å². The molecule has 0 aliphatic heterocycles. The molecule has 0 saturated heterocycles. The molecule has 0 saturated carbocycles. The summed E-state index contributed by atoms with van der Waals surface area (Å²) in [4.78, 5) is 24.3. The Bertz CT molecular complexity index is 1080. The Morgan fingerprint density at radius 3 is 2.10 bits per heavy atom. The zero-order chi connectivity index (χ0) is 20.9. The summed E-state index contributed by atoms with van der Waals surface area (Å²) in [5, 5.41) is 5.29. The third-order valence-corrected chi connectivity index (χ3v) is 5.81. The average molecular weight is 413 g/mol. The van der Waals surface area contributed by atoms with Gasteiger partial charge in [0.05, 0.1) is 17.7 Å². The summed E-state index contributed by atoms with van der Waals surface area (Å²) in [6.07, 6.45) is 1.41. The highest BCUT2D eigenvalue weighted by atomic mass is 32.2. The lowest BCUT2D eigenvalue weighted by Gasteiger charge is -2.17. The van der Waals surface area contributed by atoms with Gasteiger partial charge in [0, 0.05) is 18.4 Å². The van der Waals surface area contributed by atoms with E-state index in [-0.39, 0.29) is 23.1 Å². The van der Waals surface area contributed by atoms with Crippen molar-refractivity contribution in [2.75, 3.05) is 24.2 Å². The normalized spacial score (nSPS) is 11.2. The van der Waals surface area contributed by atoms with Gasteiger partial charge in [-0.15, -0.1) is 0 Å². The van der Waals surface area contributed by atoms with Gasteiger partial charge >= 0.3 is 0 Å². The largest absolute Gasteiger partial charge is 0.459 e. The number of carbonyl (C=O) groups excluding carboxylic acids is 2. The molecule has 0 aliphatic carbocycles. The van der Waals surface area contributed by atoms with Gasteiger partial charge in [0.1, 0.15) is 0 Å². The maximum atomic E-state index is 12.5. The standard InChI is InChI=1S/C20H19N3O5S/c1-23(29(26,27)17-6-3-2-4-7-17)14-19(24)21-15-9-11-16(12-10-15)22-20(25)18-8-5-13-28-18/h2-13H,14H2,1H3,(H,21,24)(H,22,25). The third kappa shape index (κ3) is 5.09. The first-order chi connectivity index (χ1) is 13.9. The lowest BCUT2D eigenvalue weighted by Crippen LogP contribution is -2.34. The van der Waals surface area contributed by atoms with Crippen molar-refractivity contribution in [3.8, 4) is 0 Å². The molecule has 2 N–H and O–H groups in total. The van der Waals surface area contributed by atoms with Crippen LogP contribution < -0.4 is 10.6 Å². The van der Waals surface area contributed by atoms with Crippen LogP contribution in [0.4, 0.5) is 11.4 Å². The van der Waals surface area contributed by atoms with Gasteiger partial charge in [0.25, 0.3) is 5.91 Å². The van der Waals surface area contributed by atoms with Gasteiger partial charge in [0.2, 0.25) is 15.9 Å². The van der Waals surface area contributed by atoms with E-state index in [1.54, 1.807) is 54.6 Å². The summed E-state index contributed by atoms with van der Waals surface area (Å²) in [6.45, 7) is -0.339. The second-order valence-corrected chi connectivity index (χ2v) is 8.18. The van der Waals surface area contributed by atoms with Crippen LogP contribution in [0.2, 0.25) is 0 Å². The molecular formula is C20H19N3O5S. The van der Waals surface area contributed by atoms with Gasteiger partial charge in [-0.05, 0) is 48.5 Å². The van der Waals surface area contributed by atoms with E-state index >= 15 is 0 Å². The fourth-order valence-electron chi connectivity index (χ4n) is 2.50. The molecule has 9 heteroatoms. The van der Waals surface area contributed by atoms with E-state index < -0.39 is 15.9 Å². The van der Waals surface area contributed by atoms with Gasteiger partial charge < -0.3 is 15.1 Å². The number of carbonyl (C=O) groups is 2. The SMILES string of the molecule is CN(CC(=O)Nc1ccc(NC(=O)c2ccco2)cc1)S(=O)(=O)c1ccccc1. The minimum atomic E-state index is -3.75. The topological polar surface area (TPSA) is 109 Å². The molecule has 1 heterocycles. The maximum absolute atomic E-state index is 12.5.